The lowest BCUT2D eigenvalue weighted by Gasteiger charge is -2.14. The molecule has 0 amide bonds. The molecule has 1 nitrogen and oxygen atoms in total. The quantitative estimate of drug-likeness (QED) is 0.843. The average Bonchev–Trinajstić information content (AvgIpc) is 2.39. The molecule has 0 saturated heterocycles. The molecule has 0 spiro atoms. The second-order valence-electron chi connectivity index (χ2n) is 4.71. The van der Waals surface area contributed by atoms with E-state index in [4.69, 9.17) is 5.73 Å². The molecule has 0 aliphatic carbocycles. The molecule has 0 radical (unpaired) electrons. The van der Waals surface area contributed by atoms with Gasteiger partial charge in [-0.15, -0.1) is 0 Å². The third kappa shape index (κ3) is 2.75. The minimum Gasteiger partial charge on any atom is -0.320 e. The first-order valence-corrected chi connectivity index (χ1v) is 6.09. The van der Waals surface area contributed by atoms with Gasteiger partial charge >= 0.3 is 0 Å². The first kappa shape index (κ1) is 11.9. The van der Waals surface area contributed by atoms with Gasteiger partial charge in [0.05, 0.1) is 6.04 Å². The predicted molar refractivity (Wildman–Crippen MR) is 73.0 cm³/mol. The molecule has 0 heterocycles. The molecule has 2 aromatic carbocycles. The summed E-state index contributed by atoms with van der Waals surface area (Å²) in [5.74, 6) is 0.567. The lowest BCUT2D eigenvalue weighted by Crippen LogP contribution is -2.11. The molecule has 1 atom stereocenters. The fourth-order valence-electron chi connectivity index (χ4n) is 1.94. The third-order valence-electron chi connectivity index (χ3n) is 3.12. The molecule has 2 aromatic rings. The van der Waals surface area contributed by atoms with Gasteiger partial charge in [0, 0.05) is 0 Å². The van der Waals surface area contributed by atoms with E-state index in [9.17, 15) is 0 Å². The molecular formula is C16H19N. The van der Waals surface area contributed by atoms with Crippen molar-refractivity contribution in [1.82, 2.24) is 0 Å². The zero-order valence-corrected chi connectivity index (χ0v) is 10.4. The molecule has 1 heteroatoms. The summed E-state index contributed by atoms with van der Waals surface area (Å²) in [6.07, 6.45) is 0. The highest BCUT2D eigenvalue weighted by Gasteiger charge is 2.08. The summed E-state index contributed by atoms with van der Waals surface area (Å²) in [6.45, 7) is 4.40. The van der Waals surface area contributed by atoms with Crippen LogP contribution in [0.5, 0.6) is 0 Å². The number of hydrogen-bond donors (Lipinski definition) is 1. The maximum Gasteiger partial charge on any atom is 0.0551 e. The SMILES string of the molecule is CC(C)c1ccc(C(N)c2ccccc2)cc1. The van der Waals surface area contributed by atoms with Crippen LogP contribution in [-0.2, 0) is 0 Å². The van der Waals surface area contributed by atoms with E-state index in [0.29, 0.717) is 5.92 Å². The van der Waals surface area contributed by atoms with Gasteiger partial charge in [0.15, 0.2) is 0 Å². The van der Waals surface area contributed by atoms with Crippen molar-refractivity contribution < 1.29 is 0 Å². The van der Waals surface area contributed by atoms with E-state index < -0.39 is 0 Å². The molecule has 2 N–H and O–H groups in total. The van der Waals surface area contributed by atoms with Crippen LogP contribution in [0.4, 0.5) is 0 Å². The zero-order valence-electron chi connectivity index (χ0n) is 10.4. The second kappa shape index (κ2) is 5.15. The van der Waals surface area contributed by atoms with Crippen molar-refractivity contribution >= 4 is 0 Å². The molecule has 1 unspecified atom stereocenters. The highest BCUT2D eigenvalue weighted by atomic mass is 14.6. The van der Waals surface area contributed by atoms with Crippen LogP contribution in [0.1, 0.15) is 42.5 Å². The van der Waals surface area contributed by atoms with Gasteiger partial charge in [0.1, 0.15) is 0 Å². The molecule has 0 aromatic heterocycles. The van der Waals surface area contributed by atoms with Gasteiger partial charge in [0.2, 0.25) is 0 Å². The largest absolute Gasteiger partial charge is 0.320 e. The smallest absolute Gasteiger partial charge is 0.0551 e. The Morgan fingerprint density at radius 2 is 1.18 bits per heavy atom. The van der Waals surface area contributed by atoms with Crippen molar-refractivity contribution in [2.75, 3.05) is 0 Å². The number of benzene rings is 2. The summed E-state index contributed by atoms with van der Waals surface area (Å²) < 4.78 is 0. The van der Waals surface area contributed by atoms with E-state index in [-0.39, 0.29) is 6.04 Å². The van der Waals surface area contributed by atoms with Gasteiger partial charge in [-0.25, -0.2) is 0 Å². The third-order valence-corrected chi connectivity index (χ3v) is 3.12. The monoisotopic (exact) mass is 225 g/mol. The summed E-state index contributed by atoms with van der Waals surface area (Å²) in [4.78, 5) is 0. The first-order chi connectivity index (χ1) is 8.18. The molecular weight excluding hydrogens is 206 g/mol. The van der Waals surface area contributed by atoms with Crippen molar-refractivity contribution in [2.45, 2.75) is 25.8 Å². The normalized spacial score (nSPS) is 12.7. The zero-order chi connectivity index (χ0) is 12.3. The Morgan fingerprint density at radius 3 is 1.71 bits per heavy atom. The van der Waals surface area contributed by atoms with Crippen LogP contribution in [0, 0.1) is 0 Å². The Balaban J connectivity index is 2.23. The standard InChI is InChI=1S/C16H19N/c1-12(2)13-8-10-15(11-9-13)16(17)14-6-4-3-5-7-14/h3-12,16H,17H2,1-2H3. The molecule has 0 aliphatic heterocycles. The number of hydrogen-bond acceptors (Lipinski definition) is 1. The minimum atomic E-state index is -0.0302. The summed E-state index contributed by atoms with van der Waals surface area (Å²) in [7, 11) is 0. The van der Waals surface area contributed by atoms with Gasteiger partial charge in [0.25, 0.3) is 0 Å². The summed E-state index contributed by atoms with van der Waals surface area (Å²) in [5.41, 5.74) is 9.92. The Bertz CT molecular complexity index is 457. The van der Waals surface area contributed by atoms with Crippen LogP contribution in [-0.4, -0.2) is 0 Å². The van der Waals surface area contributed by atoms with Crippen LogP contribution in [0.25, 0.3) is 0 Å². The van der Waals surface area contributed by atoms with E-state index in [1.54, 1.807) is 0 Å². The molecule has 2 rings (SSSR count). The maximum absolute atomic E-state index is 6.24. The van der Waals surface area contributed by atoms with Crippen LogP contribution >= 0.6 is 0 Å². The van der Waals surface area contributed by atoms with Gasteiger partial charge in [-0.05, 0) is 22.6 Å². The van der Waals surface area contributed by atoms with E-state index >= 15 is 0 Å². The van der Waals surface area contributed by atoms with E-state index in [1.165, 1.54) is 11.1 Å². The highest BCUT2D eigenvalue weighted by molar-refractivity contribution is 5.33. The van der Waals surface area contributed by atoms with Crippen LogP contribution in [0.2, 0.25) is 0 Å². The average molecular weight is 225 g/mol. The fourth-order valence-corrected chi connectivity index (χ4v) is 1.94. The van der Waals surface area contributed by atoms with Gasteiger partial charge < -0.3 is 5.73 Å². The molecule has 0 aliphatic rings. The van der Waals surface area contributed by atoms with Crippen LogP contribution < -0.4 is 5.73 Å². The Morgan fingerprint density at radius 1 is 0.706 bits per heavy atom. The van der Waals surface area contributed by atoms with Crippen molar-refractivity contribution in [3.05, 3.63) is 71.3 Å². The number of rotatable bonds is 3. The fraction of sp³-hybridized carbons (Fsp3) is 0.250. The second-order valence-corrected chi connectivity index (χ2v) is 4.71. The maximum atomic E-state index is 6.24. The van der Waals surface area contributed by atoms with E-state index in [0.717, 1.165) is 5.56 Å². The summed E-state index contributed by atoms with van der Waals surface area (Å²) in [5, 5.41) is 0. The topological polar surface area (TPSA) is 26.0 Å². The van der Waals surface area contributed by atoms with Crippen molar-refractivity contribution in [3.63, 3.8) is 0 Å². The van der Waals surface area contributed by atoms with E-state index in [2.05, 4.69) is 50.2 Å². The van der Waals surface area contributed by atoms with E-state index in [1.807, 2.05) is 18.2 Å². The molecule has 0 saturated carbocycles. The molecule has 88 valence electrons. The Kier molecular flexibility index (Phi) is 3.60. The van der Waals surface area contributed by atoms with Crippen LogP contribution in [0.3, 0.4) is 0 Å². The van der Waals surface area contributed by atoms with Crippen molar-refractivity contribution in [2.24, 2.45) is 5.73 Å². The van der Waals surface area contributed by atoms with Gasteiger partial charge in [-0.3, -0.25) is 0 Å². The predicted octanol–water partition coefficient (Wildman–Crippen LogP) is 3.86. The summed E-state index contributed by atoms with van der Waals surface area (Å²) in [6, 6.07) is 18.8. The minimum absolute atomic E-state index is 0.0302. The summed E-state index contributed by atoms with van der Waals surface area (Å²) >= 11 is 0. The van der Waals surface area contributed by atoms with Gasteiger partial charge in [-0.1, -0.05) is 68.4 Å². The van der Waals surface area contributed by atoms with Crippen LogP contribution in [0.15, 0.2) is 54.6 Å². The molecule has 0 bridgehead atoms. The Labute approximate surface area is 103 Å². The first-order valence-electron chi connectivity index (χ1n) is 6.09. The molecule has 17 heavy (non-hydrogen) atoms. The lowest BCUT2D eigenvalue weighted by molar-refractivity contribution is 0.847. The number of nitrogens with two attached hydrogens (primary N) is 1. The Hall–Kier alpha value is -1.60. The van der Waals surface area contributed by atoms with Crippen molar-refractivity contribution in [1.29, 1.82) is 0 Å². The highest BCUT2D eigenvalue weighted by Crippen LogP contribution is 2.21. The van der Waals surface area contributed by atoms with Crippen molar-refractivity contribution in [3.8, 4) is 0 Å². The van der Waals surface area contributed by atoms with Gasteiger partial charge in [-0.2, -0.15) is 0 Å². The lowest BCUT2D eigenvalue weighted by atomic mass is 9.96. The molecule has 0 fully saturated rings.